The smallest absolute Gasteiger partial charge is 0.336 e. The van der Waals surface area contributed by atoms with Gasteiger partial charge in [-0.2, -0.15) is 0 Å². The van der Waals surface area contributed by atoms with Crippen molar-refractivity contribution in [2.45, 2.75) is 32.0 Å². The predicted molar refractivity (Wildman–Crippen MR) is 112 cm³/mol. The quantitative estimate of drug-likeness (QED) is 0.626. The van der Waals surface area contributed by atoms with Crippen LogP contribution in [-0.2, 0) is 13.1 Å². The third-order valence-corrected chi connectivity index (χ3v) is 5.04. The van der Waals surface area contributed by atoms with E-state index in [1.807, 2.05) is 42.5 Å². The molecular formula is C21H22ClN5O2. The van der Waals surface area contributed by atoms with Crippen molar-refractivity contribution in [1.82, 2.24) is 25.0 Å². The third-order valence-electron chi connectivity index (χ3n) is 4.79. The van der Waals surface area contributed by atoms with Gasteiger partial charge in [-0.25, -0.2) is 14.3 Å². The van der Waals surface area contributed by atoms with Crippen LogP contribution in [0.3, 0.4) is 0 Å². The van der Waals surface area contributed by atoms with Gasteiger partial charge in [0.2, 0.25) is 0 Å². The number of carbonyl (C=O) groups excluding carboxylic acids is 1. The second-order valence-corrected chi connectivity index (χ2v) is 7.47. The minimum absolute atomic E-state index is 0.130. The minimum Gasteiger partial charge on any atom is -0.336 e. The molecule has 0 spiro atoms. The molecule has 29 heavy (non-hydrogen) atoms. The Bertz CT molecular complexity index is 1040. The molecule has 0 aliphatic heterocycles. The van der Waals surface area contributed by atoms with Crippen LogP contribution in [0, 0.1) is 0 Å². The van der Waals surface area contributed by atoms with E-state index in [1.165, 1.54) is 4.68 Å². The third kappa shape index (κ3) is 4.68. The Kier molecular flexibility index (Phi) is 5.67. The van der Waals surface area contributed by atoms with E-state index in [2.05, 4.69) is 15.7 Å². The highest BCUT2D eigenvalue weighted by Crippen LogP contribution is 2.36. The zero-order valence-electron chi connectivity index (χ0n) is 15.8. The molecule has 2 N–H and O–H groups in total. The lowest BCUT2D eigenvalue weighted by molar-refractivity contribution is 0.240. The molecule has 0 atom stereocenters. The van der Waals surface area contributed by atoms with E-state index in [9.17, 15) is 9.59 Å². The monoisotopic (exact) mass is 411 g/mol. The van der Waals surface area contributed by atoms with Crippen molar-refractivity contribution in [2.75, 3.05) is 6.54 Å². The predicted octanol–water partition coefficient (Wildman–Crippen LogP) is 3.20. The van der Waals surface area contributed by atoms with E-state index in [0.717, 1.165) is 24.0 Å². The fraction of sp³-hybridized carbons (Fsp3) is 0.286. The fourth-order valence-electron chi connectivity index (χ4n) is 3.13. The van der Waals surface area contributed by atoms with Crippen LogP contribution in [0.25, 0.3) is 11.4 Å². The second-order valence-electron chi connectivity index (χ2n) is 7.03. The molecule has 1 aliphatic carbocycles. The largest absolute Gasteiger partial charge is 0.346 e. The number of urea groups is 1. The van der Waals surface area contributed by atoms with Crippen LogP contribution >= 0.6 is 11.6 Å². The van der Waals surface area contributed by atoms with Crippen molar-refractivity contribution >= 4 is 17.6 Å². The van der Waals surface area contributed by atoms with E-state index in [4.69, 9.17) is 11.6 Å². The molecule has 0 saturated heterocycles. The van der Waals surface area contributed by atoms with Gasteiger partial charge in [0.05, 0.1) is 6.54 Å². The first kappa shape index (κ1) is 19.3. The van der Waals surface area contributed by atoms with E-state index in [-0.39, 0.29) is 17.8 Å². The van der Waals surface area contributed by atoms with Crippen molar-refractivity contribution in [1.29, 1.82) is 0 Å². The number of hydrogen-bond donors (Lipinski definition) is 2. The summed E-state index contributed by atoms with van der Waals surface area (Å²) in [5.74, 6) is 0.685. The first-order valence-electron chi connectivity index (χ1n) is 9.63. The molecule has 0 unspecified atom stereocenters. The van der Waals surface area contributed by atoms with Gasteiger partial charge in [-0.3, -0.25) is 4.57 Å². The molecule has 3 aromatic rings. The molecule has 1 fully saturated rings. The Labute approximate surface area is 173 Å². The van der Waals surface area contributed by atoms with E-state index < -0.39 is 0 Å². The van der Waals surface area contributed by atoms with Gasteiger partial charge in [-0.15, -0.1) is 5.10 Å². The molecule has 2 amide bonds. The number of nitrogens with zero attached hydrogens (tertiary/aromatic N) is 3. The lowest BCUT2D eigenvalue weighted by Crippen LogP contribution is -2.38. The molecule has 150 valence electrons. The Morgan fingerprint density at radius 3 is 2.48 bits per heavy atom. The van der Waals surface area contributed by atoms with Gasteiger partial charge >= 0.3 is 11.7 Å². The maximum Gasteiger partial charge on any atom is 0.346 e. The molecule has 8 heteroatoms. The average Bonchev–Trinajstić information content (AvgIpc) is 3.52. The van der Waals surface area contributed by atoms with E-state index in [0.29, 0.717) is 30.5 Å². The Morgan fingerprint density at radius 1 is 1.07 bits per heavy atom. The summed E-state index contributed by atoms with van der Waals surface area (Å²) in [6, 6.07) is 16.9. The summed E-state index contributed by atoms with van der Waals surface area (Å²) >= 11 is 5.85. The topological polar surface area (TPSA) is 81.0 Å². The Hall–Kier alpha value is -3.06. The average molecular weight is 412 g/mol. The van der Waals surface area contributed by atoms with Crippen molar-refractivity contribution < 1.29 is 4.79 Å². The SMILES string of the molecule is O=C(NCCn1nc(-c2ccccc2)n(C2CC2)c1=O)NCc1ccc(Cl)cc1. The second kappa shape index (κ2) is 8.53. The lowest BCUT2D eigenvalue weighted by atomic mass is 10.2. The molecule has 1 aromatic heterocycles. The summed E-state index contributed by atoms with van der Waals surface area (Å²) in [5.41, 5.74) is 1.75. The first-order chi connectivity index (χ1) is 14.1. The molecule has 0 radical (unpaired) electrons. The summed E-state index contributed by atoms with van der Waals surface area (Å²) < 4.78 is 3.20. The van der Waals surface area contributed by atoms with Crippen LogP contribution < -0.4 is 16.3 Å². The zero-order chi connectivity index (χ0) is 20.2. The van der Waals surface area contributed by atoms with Crippen molar-refractivity contribution in [3.05, 3.63) is 75.7 Å². The number of hydrogen-bond acceptors (Lipinski definition) is 3. The zero-order valence-corrected chi connectivity index (χ0v) is 16.6. The molecule has 1 heterocycles. The number of aromatic nitrogens is 3. The van der Waals surface area contributed by atoms with Gasteiger partial charge in [0.25, 0.3) is 0 Å². The summed E-state index contributed by atoms with van der Waals surface area (Å²) in [4.78, 5) is 24.8. The van der Waals surface area contributed by atoms with Gasteiger partial charge in [-0.05, 0) is 30.5 Å². The van der Waals surface area contributed by atoms with Gasteiger partial charge in [0.15, 0.2) is 5.82 Å². The highest BCUT2D eigenvalue weighted by atomic mass is 35.5. The van der Waals surface area contributed by atoms with Gasteiger partial charge in [0.1, 0.15) is 0 Å². The number of halogens is 1. The number of rotatable bonds is 7. The standard InChI is InChI=1S/C21H22ClN5O2/c22-17-8-6-15(7-9-17)14-24-20(28)23-12-13-26-21(29)27(18-10-11-18)19(25-26)16-4-2-1-3-5-16/h1-9,18H,10-14H2,(H2,23,24,28). The number of benzene rings is 2. The maximum atomic E-state index is 12.8. The van der Waals surface area contributed by atoms with Crippen molar-refractivity contribution in [2.24, 2.45) is 0 Å². The van der Waals surface area contributed by atoms with Gasteiger partial charge in [-0.1, -0.05) is 54.1 Å². The first-order valence-corrected chi connectivity index (χ1v) is 10.0. The summed E-state index contributed by atoms with van der Waals surface area (Å²) in [5, 5.41) is 10.7. The van der Waals surface area contributed by atoms with Crippen molar-refractivity contribution in [3.63, 3.8) is 0 Å². The summed E-state index contributed by atoms with van der Waals surface area (Å²) in [7, 11) is 0. The Balaban J connectivity index is 1.35. The number of carbonyl (C=O) groups is 1. The van der Waals surface area contributed by atoms with Crippen LogP contribution in [0.5, 0.6) is 0 Å². The van der Waals surface area contributed by atoms with Crippen LogP contribution in [0.15, 0.2) is 59.4 Å². The lowest BCUT2D eigenvalue weighted by Gasteiger charge is -2.07. The van der Waals surface area contributed by atoms with E-state index >= 15 is 0 Å². The molecule has 1 saturated carbocycles. The number of amides is 2. The molecule has 4 rings (SSSR count). The van der Waals surface area contributed by atoms with Gasteiger partial charge < -0.3 is 10.6 Å². The summed E-state index contributed by atoms with van der Waals surface area (Å²) in [6.45, 7) is 1.02. The highest BCUT2D eigenvalue weighted by Gasteiger charge is 2.30. The van der Waals surface area contributed by atoms with Crippen LogP contribution in [0.1, 0.15) is 24.4 Å². The molecule has 7 nitrogen and oxygen atoms in total. The molecule has 1 aliphatic rings. The minimum atomic E-state index is -0.294. The Morgan fingerprint density at radius 2 is 1.79 bits per heavy atom. The van der Waals surface area contributed by atoms with Crippen LogP contribution in [0.2, 0.25) is 5.02 Å². The van der Waals surface area contributed by atoms with Crippen molar-refractivity contribution in [3.8, 4) is 11.4 Å². The normalized spacial score (nSPS) is 13.3. The van der Waals surface area contributed by atoms with Gasteiger partial charge in [0, 0.05) is 29.7 Å². The number of nitrogens with one attached hydrogen (secondary N) is 2. The summed E-state index contributed by atoms with van der Waals surface area (Å²) in [6.07, 6.45) is 1.99. The molecule has 2 aromatic carbocycles. The molecule has 0 bridgehead atoms. The molecular weight excluding hydrogens is 390 g/mol. The fourth-order valence-corrected chi connectivity index (χ4v) is 3.26. The van der Waals surface area contributed by atoms with Crippen LogP contribution in [-0.4, -0.2) is 26.9 Å². The van der Waals surface area contributed by atoms with E-state index in [1.54, 1.807) is 16.7 Å². The van der Waals surface area contributed by atoms with Crippen LogP contribution in [0.4, 0.5) is 4.79 Å². The maximum absolute atomic E-state index is 12.8. The highest BCUT2D eigenvalue weighted by molar-refractivity contribution is 6.30.